The minimum absolute atomic E-state index is 0.329. The molecule has 1 fully saturated rings. The summed E-state index contributed by atoms with van der Waals surface area (Å²) >= 11 is 1.64. The van der Waals surface area contributed by atoms with E-state index in [0.717, 1.165) is 40.6 Å². The number of ether oxygens (including phenoxy) is 1. The molecule has 4 nitrogen and oxygen atoms in total. The molecule has 1 aromatic heterocycles. The maximum Gasteiger partial charge on any atom is 0.183 e. The second-order valence-corrected chi connectivity index (χ2v) is 5.65. The molecule has 3 N–H and O–H groups in total. The number of hydrogen-bond acceptors (Lipinski definition) is 5. The van der Waals surface area contributed by atoms with Gasteiger partial charge in [0.1, 0.15) is 0 Å². The first-order chi connectivity index (χ1) is 8.81. The zero-order chi connectivity index (χ0) is 12.4. The Kier molecular flexibility index (Phi) is 3.34. The van der Waals surface area contributed by atoms with Gasteiger partial charge in [0.25, 0.3) is 0 Å². The smallest absolute Gasteiger partial charge is 0.183 e. The number of benzene rings is 1. The van der Waals surface area contributed by atoms with Crippen molar-refractivity contribution >= 4 is 32.4 Å². The summed E-state index contributed by atoms with van der Waals surface area (Å²) in [5.74, 6) is 0. The zero-order valence-corrected chi connectivity index (χ0v) is 11.0. The van der Waals surface area contributed by atoms with Crippen LogP contribution in [-0.4, -0.2) is 24.2 Å². The summed E-state index contributed by atoms with van der Waals surface area (Å²) in [6, 6.07) is 5.81. The number of nitrogens with zero attached hydrogens (tertiary/aromatic N) is 1. The van der Waals surface area contributed by atoms with Crippen LogP contribution in [0.2, 0.25) is 0 Å². The van der Waals surface area contributed by atoms with Gasteiger partial charge < -0.3 is 15.8 Å². The molecule has 1 unspecified atom stereocenters. The topological polar surface area (TPSA) is 60.2 Å². The molecule has 0 bridgehead atoms. The van der Waals surface area contributed by atoms with Gasteiger partial charge in [-0.15, -0.1) is 0 Å². The highest BCUT2D eigenvalue weighted by Gasteiger charge is 2.14. The molecular formula is C13H17N3OS. The summed E-state index contributed by atoms with van der Waals surface area (Å²) < 4.78 is 6.81. The lowest BCUT2D eigenvalue weighted by Crippen LogP contribution is -2.26. The first-order valence-electron chi connectivity index (χ1n) is 6.33. The van der Waals surface area contributed by atoms with Crippen LogP contribution < -0.4 is 11.1 Å². The van der Waals surface area contributed by atoms with Gasteiger partial charge in [-0.25, -0.2) is 4.98 Å². The Balaban J connectivity index is 1.67. The Morgan fingerprint density at radius 1 is 1.44 bits per heavy atom. The molecule has 3 rings (SSSR count). The fourth-order valence-corrected chi connectivity index (χ4v) is 3.11. The van der Waals surface area contributed by atoms with Crippen molar-refractivity contribution in [3.05, 3.63) is 18.2 Å². The first-order valence-corrected chi connectivity index (χ1v) is 7.14. The van der Waals surface area contributed by atoms with Crippen LogP contribution in [0.5, 0.6) is 0 Å². The van der Waals surface area contributed by atoms with Crippen molar-refractivity contribution in [2.24, 2.45) is 0 Å². The molecule has 1 saturated heterocycles. The summed E-state index contributed by atoms with van der Waals surface area (Å²) in [5.41, 5.74) is 7.55. The fourth-order valence-electron chi connectivity index (χ4n) is 2.19. The van der Waals surface area contributed by atoms with Crippen molar-refractivity contribution < 1.29 is 4.74 Å². The van der Waals surface area contributed by atoms with E-state index in [1.54, 1.807) is 11.3 Å². The van der Waals surface area contributed by atoms with E-state index < -0.39 is 0 Å². The lowest BCUT2D eigenvalue weighted by Gasteiger charge is -2.22. The number of rotatable bonds is 3. The highest BCUT2D eigenvalue weighted by Crippen LogP contribution is 2.27. The van der Waals surface area contributed by atoms with Gasteiger partial charge in [0.15, 0.2) is 5.13 Å². The van der Waals surface area contributed by atoms with Crippen molar-refractivity contribution in [3.63, 3.8) is 0 Å². The second-order valence-electron chi connectivity index (χ2n) is 4.62. The molecule has 2 heterocycles. The lowest BCUT2D eigenvalue weighted by atomic mass is 10.1. The van der Waals surface area contributed by atoms with E-state index in [-0.39, 0.29) is 0 Å². The SMILES string of the molecule is Nc1ccc2nc(NCC3CCCCO3)sc2c1. The normalized spacial score (nSPS) is 20.1. The molecule has 1 atom stereocenters. The lowest BCUT2D eigenvalue weighted by molar-refractivity contribution is 0.0247. The molecule has 2 aromatic rings. The van der Waals surface area contributed by atoms with Crippen molar-refractivity contribution in [2.75, 3.05) is 24.2 Å². The van der Waals surface area contributed by atoms with Crippen molar-refractivity contribution in [1.29, 1.82) is 0 Å². The summed E-state index contributed by atoms with van der Waals surface area (Å²) in [6.45, 7) is 1.73. The van der Waals surface area contributed by atoms with Crippen molar-refractivity contribution in [1.82, 2.24) is 4.98 Å². The van der Waals surface area contributed by atoms with Gasteiger partial charge >= 0.3 is 0 Å². The average Bonchev–Trinajstić information content (AvgIpc) is 2.79. The molecular weight excluding hydrogens is 246 g/mol. The average molecular weight is 263 g/mol. The Morgan fingerprint density at radius 3 is 3.22 bits per heavy atom. The summed E-state index contributed by atoms with van der Waals surface area (Å²) in [6.07, 6.45) is 3.93. The van der Waals surface area contributed by atoms with E-state index in [1.165, 1.54) is 12.8 Å². The van der Waals surface area contributed by atoms with Crippen LogP contribution in [0, 0.1) is 0 Å². The first kappa shape index (κ1) is 11.7. The monoisotopic (exact) mass is 263 g/mol. The molecule has 5 heteroatoms. The minimum Gasteiger partial charge on any atom is -0.399 e. The molecule has 18 heavy (non-hydrogen) atoms. The third kappa shape index (κ3) is 2.57. The number of nitrogen functional groups attached to an aromatic ring is 1. The van der Waals surface area contributed by atoms with Crippen LogP contribution in [0.3, 0.4) is 0 Å². The van der Waals surface area contributed by atoms with Crippen LogP contribution in [0.15, 0.2) is 18.2 Å². The van der Waals surface area contributed by atoms with E-state index in [9.17, 15) is 0 Å². The maximum atomic E-state index is 5.76. The number of nitrogens with one attached hydrogen (secondary N) is 1. The quantitative estimate of drug-likeness (QED) is 0.836. The minimum atomic E-state index is 0.329. The van der Waals surface area contributed by atoms with E-state index in [4.69, 9.17) is 10.5 Å². The van der Waals surface area contributed by atoms with E-state index >= 15 is 0 Å². The third-order valence-corrected chi connectivity index (χ3v) is 4.14. The van der Waals surface area contributed by atoms with Gasteiger partial charge in [0.05, 0.1) is 16.3 Å². The molecule has 1 aliphatic heterocycles. The van der Waals surface area contributed by atoms with E-state index in [1.807, 2.05) is 18.2 Å². The van der Waals surface area contributed by atoms with Gasteiger partial charge in [-0.3, -0.25) is 0 Å². The Bertz CT molecular complexity index is 534. The van der Waals surface area contributed by atoms with Gasteiger partial charge in [-0.1, -0.05) is 11.3 Å². The van der Waals surface area contributed by atoms with Crippen LogP contribution in [0.25, 0.3) is 10.2 Å². The molecule has 0 spiro atoms. The highest BCUT2D eigenvalue weighted by molar-refractivity contribution is 7.22. The number of aromatic nitrogens is 1. The van der Waals surface area contributed by atoms with Gasteiger partial charge in [-0.2, -0.15) is 0 Å². The fraction of sp³-hybridized carbons (Fsp3) is 0.462. The Hall–Kier alpha value is -1.33. The highest BCUT2D eigenvalue weighted by atomic mass is 32.1. The van der Waals surface area contributed by atoms with E-state index in [0.29, 0.717) is 6.10 Å². The van der Waals surface area contributed by atoms with Crippen molar-refractivity contribution in [2.45, 2.75) is 25.4 Å². The van der Waals surface area contributed by atoms with Crippen LogP contribution in [-0.2, 0) is 4.74 Å². The van der Waals surface area contributed by atoms with Crippen LogP contribution in [0.1, 0.15) is 19.3 Å². The molecule has 0 radical (unpaired) electrons. The largest absolute Gasteiger partial charge is 0.399 e. The summed E-state index contributed by atoms with van der Waals surface area (Å²) in [4.78, 5) is 4.53. The van der Waals surface area contributed by atoms with Crippen molar-refractivity contribution in [3.8, 4) is 0 Å². The molecule has 0 saturated carbocycles. The number of nitrogens with two attached hydrogens (primary N) is 1. The number of hydrogen-bond donors (Lipinski definition) is 2. The predicted molar refractivity (Wildman–Crippen MR) is 76.1 cm³/mol. The molecule has 1 aliphatic rings. The summed E-state index contributed by atoms with van der Waals surface area (Å²) in [7, 11) is 0. The zero-order valence-electron chi connectivity index (χ0n) is 10.2. The van der Waals surface area contributed by atoms with Crippen LogP contribution in [0.4, 0.5) is 10.8 Å². The molecule has 0 amide bonds. The maximum absolute atomic E-state index is 5.76. The predicted octanol–water partition coefficient (Wildman–Crippen LogP) is 2.86. The van der Waals surface area contributed by atoms with E-state index in [2.05, 4.69) is 10.3 Å². The molecule has 1 aromatic carbocycles. The van der Waals surface area contributed by atoms with Gasteiger partial charge in [0, 0.05) is 18.8 Å². The van der Waals surface area contributed by atoms with Crippen LogP contribution >= 0.6 is 11.3 Å². The number of anilines is 2. The Morgan fingerprint density at radius 2 is 2.39 bits per heavy atom. The molecule has 96 valence electrons. The standard InChI is InChI=1S/C13H17N3OS/c14-9-4-5-11-12(7-9)18-13(16-11)15-8-10-3-1-2-6-17-10/h4-5,7,10H,1-3,6,8,14H2,(H,15,16). The molecule has 0 aliphatic carbocycles. The second kappa shape index (κ2) is 5.12. The number of fused-ring (bicyclic) bond motifs is 1. The summed E-state index contributed by atoms with van der Waals surface area (Å²) in [5, 5.41) is 4.31. The third-order valence-electron chi connectivity index (χ3n) is 3.17. The number of thiazole rings is 1. The Labute approximate surface area is 110 Å². The van der Waals surface area contributed by atoms with Gasteiger partial charge in [0.2, 0.25) is 0 Å². The van der Waals surface area contributed by atoms with Gasteiger partial charge in [-0.05, 0) is 37.5 Å².